The molecular weight excluding hydrogens is 542 g/mol. The van der Waals surface area contributed by atoms with E-state index in [1.54, 1.807) is 0 Å². The summed E-state index contributed by atoms with van der Waals surface area (Å²) >= 11 is -1.98. The van der Waals surface area contributed by atoms with E-state index in [1.165, 1.54) is 17.0 Å². The summed E-state index contributed by atoms with van der Waals surface area (Å²) in [7, 11) is 0. The Bertz CT molecular complexity index is 1120. The third-order valence-electron chi connectivity index (χ3n) is 7.47. The van der Waals surface area contributed by atoms with Gasteiger partial charge in [0.1, 0.15) is 5.82 Å². The maximum Gasteiger partial charge on any atom is 0.435 e. The Kier molecular flexibility index (Phi) is 7.79. The van der Waals surface area contributed by atoms with Crippen LogP contribution >= 0.6 is 0 Å². The Labute approximate surface area is 217 Å². The SMILES string of the molecule is O=C(C1CCCCC1)N1CC[C@](c2ccc(C(F)(C(F)(F)F)C(F)(F)F)cc2)([S+]([O-])c2ccc(F)cc2)C1. The van der Waals surface area contributed by atoms with Crippen molar-refractivity contribution in [3.63, 3.8) is 0 Å². The number of halogens is 8. The molecule has 2 atom stereocenters. The van der Waals surface area contributed by atoms with Gasteiger partial charge in [-0.3, -0.25) is 4.79 Å². The topological polar surface area (TPSA) is 43.4 Å². The minimum absolute atomic E-state index is 0.0914. The van der Waals surface area contributed by atoms with Gasteiger partial charge in [-0.2, -0.15) is 26.3 Å². The van der Waals surface area contributed by atoms with Crippen LogP contribution in [-0.2, 0) is 26.4 Å². The Hall–Kier alpha value is -2.34. The van der Waals surface area contributed by atoms with Crippen LogP contribution < -0.4 is 0 Å². The Morgan fingerprint density at radius 3 is 1.95 bits per heavy atom. The van der Waals surface area contributed by atoms with Crippen LogP contribution in [-0.4, -0.2) is 40.8 Å². The lowest BCUT2D eigenvalue weighted by Crippen LogP contribution is -2.50. The largest absolute Gasteiger partial charge is 0.611 e. The quantitative estimate of drug-likeness (QED) is 0.291. The molecule has 0 bridgehead atoms. The summed E-state index contributed by atoms with van der Waals surface area (Å²) < 4.78 is 120. The molecule has 1 unspecified atom stereocenters. The third kappa shape index (κ3) is 5.01. The van der Waals surface area contributed by atoms with Crippen LogP contribution in [0.2, 0.25) is 0 Å². The zero-order valence-electron chi connectivity index (χ0n) is 20.0. The zero-order chi connectivity index (χ0) is 27.9. The molecular formula is C26H25F8NO2S. The van der Waals surface area contributed by atoms with E-state index in [9.17, 15) is 44.5 Å². The monoisotopic (exact) mass is 567 g/mol. The van der Waals surface area contributed by atoms with Crippen molar-refractivity contribution in [3.05, 3.63) is 65.5 Å². The standard InChI is InChI=1S/C26H25F8NO2S/c27-20-10-12-21(13-11-20)38(37)23(14-15-35(16-23)22(36)17-4-2-1-3-5-17)18-6-8-19(9-7-18)24(28,25(29,30)31)26(32,33)34/h6-13,17H,1-5,14-16H2/t23-,38?/m0/s1. The van der Waals surface area contributed by atoms with Gasteiger partial charge >= 0.3 is 18.0 Å². The summed E-state index contributed by atoms with van der Waals surface area (Å²) in [6.07, 6.45) is -8.24. The highest BCUT2D eigenvalue weighted by Gasteiger charge is 2.73. The van der Waals surface area contributed by atoms with Crippen molar-refractivity contribution in [2.45, 2.75) is 66.2 Å². The maximum atomic E-state index is 14.6. The highest BCUT2D eigenvalue weighted by molar-refractivity contribution is 7.92. The molecule has 2 aromatic carbocycles. The van der Waals surface area contributed by atoms with Gasteiger partial charge in [0.25, 0.3) is 0 Å². The van der Waals surface area contributed by atoms with Gasteiger partial charge < -0.3 is 9.45 Å². The fourth-order valence-electron chi connectivity index (χ4n) is 5.35. The van der Waals surface area contributed by atoms with E-state index in [4.69, 9.17) is 0 Å². The molecule has 0 N–H and O–H groups in total. The van der Waals surface area contributed by atoms with Crippen LogP contribution in [0, 0.1) is 11.7 Å². The Balaban J connectivity index is 1.73. The first kappa shape index (κ1) is 28.7. The minimum atomic E-state index is -6.27. The fourth-order valence-corrected chi connectivity index (χ4v) is 7.08. The number of likely N-dealkylation sites (tertiary alicyclic amines) is 1. The molecule has 0 aromatic heterocycles. The normalized spacial score (nSPS) is 22.5. The van der Waals surface area contributed by atoms with Crippen molar-refractivity contribution in [3.8, 4) is 0 Å². The highest BCUT2D eigenvalue weighted by atomic mass is 32.2. The van der Waals surface area contributed by atoms with E-state index < -0.39 is 45.3 Å². The van der Waals surface area contributed by atoms with Crippen LogP contribution in [0.4, 0.5) is 35.1 Å². The van der Waals surface area contributed by atoms with Gasteiger partial charge in [0.2, 0.25) is 5.91 Å². The Morgan fingerprint density at radius 1 is 0.868 bits per heavy atom. The van der Waals surface area contributed by atoms with E-state index in [1.807, 2.05) is 0 Å². The highest BCUT2D eigenvalue weighted by Crippen LogP contribution is 2.54. The minimum Gasteiger partial charge on any atom is -0.611 e. The first-order chi connectivity index (χ1) is 17.7. The molecule has 4 rings (SSSR count). The number of hydrogen-bond acceptors (Lipinski definition) is 2. The molecule has 12 heteroatoms. The lowest BCUT2D eigenvalue weighted by atomic mass is 9.88. The van der Waals surface area contributed by atoms with Gasteiger partial charge in [-0.1, -0.05) is 43.5 Å². The van der Waals surface area contributed by atoms with Crippen molar-refractivity contribution in [2.24, 2.45) is 5.92 Å². The molecule has 38 heavy (non-hydrogen) atoms. The average molecular weight is 568 g/mol. The van der Waals surface area contributed by atoms with Gasteiger partial charge in [0, 0.05) is 30.0 Å². The van der Waals surface area contributed by atoms with Gasteiger partial charge in [-0.05, 0) is 48.3 Å². The van der Waals surface area contributed by atoms with E-state index in [-0.39, 0.29) is 41.8 Å². The van der Waals surface area contributed by atoms with E-state index >= 15 is 0 Å². The summed E-state index contributed by atoms with van der Waals surface area (Å²) in [5.74, 6) is -0.952. The summed E-state index contributed by atoms with van der Waals surface area (Å²) in [5, 5.41) is 0. The zero-order valence-corrected chi connectivity index (χ0v) is 20.9. The number of carbonyl (C=O) groups excluding carboxylic acids is 1. The second-order valence-electron chi connectivity index (χ2n) is 9.79. The van der Waals surface area contributed by atoms with Crippen LogP contribution in [0.15, 0.2) is 53.4 Å². The third-order valence-corrected chi connectivity index (χ3v) is 9.45. The lowest BCUT2D eigenvalue weighted by molar-refractivity contribution is -0.348. The molecule has 1 amide bonds. The molecule has 1 aliphatic carbocycles. The summed E-state index contributed by atoms with van der Waals surface area (Å²) in [6, 6.07) is 7.29. The van der Waals surface area contributed by atoms with Gasteiger partial charge in [-0.25, -0.2) is 8.78 Å². The molecule has 208 valence electrons. The van der Waals surface area contributed by atoms with Crippen molar-refractivity contribution >= 4 is 17.1 Å². The molecule has 1 heterocycles. The van der Waals surface area contributed by atoms with Gasteiger partial charge in [-0.15, -0.1) is 0 Å². The summed E-state index contributed by atoms with van der Waals surface area (Å²) in [6.45, 7) is 0.0626. The predicted octanol–water partition coefficient (Wildman–Crippen LogP) is 6.93. The van der Waals surface area contributed by atoms with Crippen molar-refractivity contribution < 1.29 is 44.5 Å². The summed E-state index contributed by atoms with van der Waals surface area (Å²) in [4.78, 5) is 14.9. The molecule has 2 aromatic rings. The van der Waals surface area contributed by atoms with Crippen LogP contribution in [0.5, 0.6) is 0 Å². The maximum absolute atomic E-state index is 14.6. The Morgan fingerprint density at radius 2 is 1.42 bits per heavy atom. The number of rotatable bonds is 5. The molecule has 2 aliphatic rings. The molecule has 1 saturated heterocycles. The number of benzene rings is 2. The second-order valence-corrected chi connectivity index (χ2v) is 11.6. The molecule has 3 nitrogen and oxygen atoms in total. The van der Waals surface area contributed by atoms with Crippen molar-refractivity contribution in [2.75, 3.05) is 13.1 Å². The van der Waals surface area contributed by atoms with E-state index in [0.29, 0.717) is 25.0 Å². The first-order valence-electron chi connectivity index (χ1n) is 12.1. The van der Waals surface area contributed by atoms with Crippen LogP contribution in [0.3, 0.4) is 0 Å². The predicted molar refractivity (Wildman–Crippen MR) is 124 cm³/mol. The second kappa shape index (κ2) is 10.3. The number of hydrogen-bond donors (Lipinski definition) is 0. The number of amides is 1. The smallest absolute Gasteiger partial charge is 0.435 e. The van der Waals surface area contributed by atoms with Gasteiger partial charge in [0.05, 0.1) is 6.54 Å². The first-order valence-corrected chi connectivity index (χ1v) is 13.3. The van der Waals surface area contributed by atoms with Gasteiger partial charge in [0.15, 0.2) is 9.64 Å². The fraction of sp³-hybridized carbons (Fsp3) is 0.500. The lowest BCUT2D eigenvalue weighted by Gasteiger charge is -2.34. The number of alkyl halides is 7. The van der Waals surface area contributed by atoms with E-state index in [2.05, 4.69) is 0 Å². The van der Waals surface area contributed by atoms with Crippen molar-refractivity contribution in [1.29, 1.82) is 0 Å². The molecule has 0 radical (unpaired) electrons. The number of carbonyl (C=O) groups is 1. The van der Waals surface area contributed by atoms with Crippen LogP contribution in [0.25, 0.3) is 0 Å². The summed E-state index contributed by atoms with van der Waals surface area (Å²) in [5.41, 5.74) is -7.16. The van der Waals surface area contributed by atoms with Crippen LogP contribution in [0.1, 0.15) is 49.7 Å². The van der Waals surface area contributed by atoms with Crippen molar-refractivity contribution in [1.82, 2.24) is 4.90 Å². The molecule has 0 spiro atoms. The molecule has 2 fully saturated rings. The average Bonchev–Trinajstić information content (AvgIpc) is 3.34. The van der Waals surface area contributed by atoms with E-state index in [0.717, 1.165) is 43.5 Å². The molecule has 1 aliphatic heterocycles. The molecule has 1 saturated carbocycles. The number of nitrogens with zero attached hydrogens (tertiary/aromatic N) is 1.